The highest BCUT2D eigenvalue weighted by atomic mass is 16.4. The van der Waals surface area contributed by atoms with Gasteiger partial charge in [-0.15, -0.1) is 0 Å². The van der Waals surface area contributed by atoms with Gasteiger partial charge in [0.15, 0.2) is 0 Å². The van der Waals surface area contributed by atoms with Crippen molar-refractivity contribution in [3.05, 3.63) is 12.2 Å². The zero-order chi connectivity index (χ0) is 7.82. The molecule has 10 heavy (non-hydrogen) atoms. The summed E-state index contributed by atoms with van der Waals surface area (Å²) in [6, 6.07) is 0. The Kier molecular flexibility index (Phi) is 5.83. The molecule has 0 rings (SSSR count). The molecule has 0 aliphatic carbocycles. The monoisotopic (exact) mass is 141 g/mol. The molecule has 57 valence electrons. The highest BCUT2D eigenvalue weighted by Crippen LogP contribution is 1.94. The van der Waals surface area contributed by atoms with Crippen LogP contribution in [0.1, 0.15) is 32.6 Å². The summed E-state index contributed by atoms with van der Waals surface area (Å²) in [7, 11) is 0. The second-order valence-electron chi connectivity index (χ2n) is 2.17. The molecule has 0 aromatic carbocycles. The van der Waals surface area contributed by atoms with E-state index in [4.69, 9.17) is 0 Å². The standard InChI is InChI=1S/C8H13O2/c1-2-3-4-5-6-7-8(9)10/h4-5H,2-3,6-7H2,1H3/b5-4+. The van der Waals surface area contributed by atoms with E-state index in [1.54, 1.807) is 0 Å². The molecule has 0 amide bonds. The van der Waals surface area contributed by atoms with Gasteiger partial charge in [-0.3, -0.25) is 0 Å². The Bertz CT molecular complexity index is 116. The molecule has 0 saturated carbocycles. The van der Waals surface area contributed by atoms with E-state index in [-0.39, 0.29) is 6.42 Å². The van der Waals surface area contributed by atoms with Crippen LogP contribution in [0.2, 0.25) is 0 Å². The van der Waals surface area contributed by atoms with Crippen LogP contribution in [0.25, 0.3) is 0 Å². The van der Waals surface area contributed by atoms with Gasteiger partial charge < -0.3 is 0 Å². The predicted octanol–water partition coefficient (Wildman–Crippen LogP) is 2.08. The Labute approximate surface area is 61.6 Å². The third-order valence-electron chi connectivity index (χ3n) is 1.14. The predicted molar refractivity (Wildman–Crippen MR) is 39.0 cm³/mol. The second-order valence-corrected chi connectivity index (χ2v) is 2.17. The Morgan fingerprint density at radius 3 is 2.40 bits per heavy atom. The van der Waals surface area contributed by atoms with Crippen LogP contribution in [0.3, 0.4) is 0 Å². The zero-order valence-corrected chi connectivity index (χ0v) is 6.30. The quantitative estimate of drug-likeness (QED) is 0.540. The molecule has 0 heterocycles. The Hall–Kier alpha value is -0.790. The van der Waals surface area contributed by atoms with Crippen LogP contribution in [-0.2, 0) is 9.90 Å². The van der Waals surface area contributed by atoms with Gasteiger partial charge in [0, 0.05) is 0 Å². The summed E-state index contributed by atoms with van der Waals surface area (Å²) in [4.78, 5) is 9.89. The first-order valence-electron chi connectivity index (χ1n) is 3.62. The van der Waals surface area contributed by atoms with Gasteiger partial charge in [-0.25, -0.2) is 9.90 Å². The molecule has 2 heteroatoms. The number of rotatable bonds is 5. The molecule has 0 aliphatic heterocycles. The molecule has 0 saturated heterocycles. The van der Waals surface area contributed by atoms with Crippen LogP contribution in [0, 0.1) is 0 Å². The molecule has 0 unspecified atom stereocenters. The average molecular weight is 141 g/mol. The molecule has 0 N–H and O–H groups in total. The summed E-state index contributed by atoms with van der Waals surface area (Å²) >= 11 is 0. The fourth-order valence-corrected chi connectivity index (χ4v) is 0.604. The van der Waals surface area contributed by atoms with Crippen molar-refractivity contribution in [2.24, 2.45) is 0 Å². The fourth-order valence-electron chi connectivity index (χ4n) is 0.604. The normalized spacial score (nSPS) is 10.5. The van der Waals surface area contributed by atoms with Crippen molar-refractivity contribution in [3.63, 3.8) is 0 Å². The maximum absolute atomic E-state index is 9.89. The molecule has 0 aliphatic rings. The summed E-state index contributed by atoms with van der Waals surface area (Å²) in [5, 5.41) is 9.89. The molecule has 0 aromatic rings. The van der Waals surface area contributed by atoms with Crippen LogP contribution in [0.5, 0.6) is 0 Å². The third-order valence-corrected chi connectivity index (χ3v) is 1.14. The van der Waals surface area contributed by atoms with E-state index in [9.17, 15) is 9.90 Å². The smallest absolute Gasteiger partial charge is 0.247 e. The van der Waals surface area contributed by atoms with E-state index in [0.717, 1.165) is 12.8 Å². The van der Waals surface area contributed by atoms with Crippen molar-refractivity contribution in [2.45, 2.75) is 32.6 Å². The molecule has 0 spiro atoms. The van der Waals surface area contributed by atoms with E-state index in [0.29, 0.717) is 6.42 Å². The van der Waals surface area contributed by atoms with E-state index >= 15 is 0 Å². The van der Waals surface area contributed by atoms with Gasteiger partial charge in [-0.2, -0.15) is 0 Å². The van der Waals surface area contributed by atoms with Crippen molar-refractivity contribution >= 4 is 5.97 Å². The summed E-state index contributed by atoms with van der Waals surface area (Å²) in [5.74, 6) is -0.971. The average Bonchev–Trinajstić information content (AvgIpc) is 1.87. The maximum atomic E-state index is 9.89. The maximum Gasteiger partial charge on any atom is 0.355 e. The van der Waals surface area contributed by atoms with Gasteiger partial charge in [-0.05, 0) is 12.8 Å². The van der Waals surface area contributed by atoms with Gasteiger partial charge in [0.2, 0.25) is 0 Å². The second kappa shape index (κ2) is 6.33. The van der Waals surface area contributed by atoms with E-state index < -0.39 is 5.97 Å². The largest absolute Gasteiger partial charge is 0.355 e. The van der Waals surface area contributed by atoms with Crippen molar-refractivity contribution in [1.29, 1.82) is 0 Å². The highest BCUT2D eigenvalue weighted by molar-refractivity contribution is 5.66. The van der Waals surface area contributed by atoms with Gasteiger partial charge in [-0.1, -0.05) is 25.5 Å². The lowest BCUT2D eigenvalue weighted by Crippen LogP contribution is -1.88. The van der Waals surface area contributed by atoms with E-state index in [1.807, 2.05) is 12.2 Å². The summed E-state index contributed by atoms with van der Waals surface area (Å²) in [6.07, 6.45) is 6.78. The zero-order valence-electron chi connectivity index (χ0n) is 6.30. The first kappa shape index (κ1) is 9.21. The minimum Gasteiger partial charge on any atom is -0.247 e. The first-order valence-corrected chi connectivity index (χ1v) is 3.62. The van der Waals surface area contributed by atoms with Crippen LogP contribution in [0.4, 0.5) is 0 Å². The van der Waals surface area contributed by atoms with Gasteiger partial charge in [0.05, 0.1) is 6.42 Å². The first-order chi connectivity index (χ1) is 4.77. The SMILES string of the molecule is CCC/C=C/CCC([O])=O. The van der Waals surface area contributed by atoms with Crippen molar-refractivity contribution < 1.29 is 9.90 Å². The van der Waals surface area contributed by atoms with Crippen molar-refractivity contribution in [1.82, 2.24) is 0 Å². The van der Waals surface area contributed by atoms with Crippen LogP contribution >= 0.6 is 0 Å². The molecule has 0 bridgehead atoms. The van der Waals surface area contributed by atoms with E-state index in [1.165, 1.54) is 0 Å². The van der Waals surface area contributed by atoms with E-state index in [2.05, 4.69) is 6.92 Å². The van der Waals surface area contributed by atoms with Gasteiger partial charge in [0.25, 0.3) is 0 Å². The summed E-state index contributed by atoms with van der Waals surface area (Å²) < 4.78 is 0. The number of hydrogen-bond donors (Lipinski definition) is 0. The van der Waals surface area contributed by atoms with Gasteiger partial charge >= 0.3 is 5.97 Å². The topological polar surface area (TPSA) is 37.0 Å². The molecular formula is C8H13O2. The number of allylic oxidation sites excluding steroid dienone is 2. The number of carbonyl (C=O) groups is 1. The minimum absolute atomic E-state index is 0.139. The fraction of sp³-hybridized carbons (Fsp3) is 0.625. The lowest BCUT2D eigenvalue weighted by Gasteiger charge is -1.84. The summed E-state index contributed by atoms with van der Waals surface area (Å²) in [5.41, 5.74) is 0. The Balaban J connectivity index is 3.10. The molecule has 0 fully saturated rings. The van der Waals surface area contributed by atoms with Crippen LogP contribution < -0.4 is 0 Å². The highest BCUT2D eigenvalue weighted by Gasteiger charge is 1.93. The summed E-state index contributed by atoms with van der Waals surface area (Å²) in [6.45, 7) is 2.09. The van der Waals surface area contributed by atoms with Gasteiger partial charge in [0.1, 0.15) is 0 Å². The number of hydrogen-bond acceptors (Lipinski definition) is 1. The van der Waals surface area contributed by atoms with Crippen molar-refractivity contribution in [2.75, 3.05) is 0 Å². The molecule has 1 radical (unpaired) electrons. The Morgan fingerprint density at radius 2 is 1.90 bits per heavy atom. The lowest BCUT2D eigenvalue weighted by atomic mass is 10.2. The third kappa shape index (κ3) is 7.21. The lowest BCUT2D eigenvalue weighted by molar-refractivity contribution is -0.142. The number of carbonyl (C=O) groups excluding carboxylic acids is 1. The number of unbranched alkanes of at least 4 members (excludes halogenated alkanes) is 1. The molecule has 2 nitrogen and oxygen atoms in total. The Morgan fingerprint density at radius 1 is 1.30 bits per heavy atom. The van der Waals surface area contributed by atoms with Crippen molar-refractivity contribution in [3.8, 4) is 0 Å². The minimum atomic E-state index is -0.971. The molecular weight excluding hydrogens is 128 g/mol. The van der Waals surface area contributed by atoms with Crippen LogP contribution in [0.15, 0.2) is 12.2 Å². The molecule has 0 atom stereocenters. The van der Waals surface area contributed by atoms with Crippen LogP contribution in [-0.4, -0.2) is 5.97 Å². The molecule has 0 aromatic heterocycles.